The summed E-state index contributed by atoms with van der Waals surface area (Å²) in [5, 5.41) is 10.4. The predicted octanol–water partition coefficient (Wildman–Crippen LogP) is 1.33. The number of carboxylic acids is 1. The number of aliphatic carboxylic acids is 1. The monoisotopic (exact) mass is 335 g/mol. The number of nitrogens with zero attached hydrogens (tertiary/aromatic N) is 3. The van der Waals surface area contributed by atoms with Crippen LogP contribution in [0, 0.1) is 0 Å². The van der Waals surface area contributed by atoms with Crippen LogP contribution in [-0.4, -0.2) is 52.9 Å². The zero-order chi connectivity index (χ0) is 17.6. The average molecular weight is 335 g/mol. The van der Waals surface area contributed by atoms with E-state index in [1.807, 2.05) is 34.9 Å². The molecule has 1 atom stereocenters. The molecule has 1 heterocycles. The molecule has 0 amide bonds. The van der Waals surface area contributed by atoms with Gasteiger partial charge in [-0.25, -0.2) is 9.78 Å². The molecular weight excluding hydrogens is 314 g/mol. The predicted molar refractivity (Wildman–Crippen MR) is 84.7 cm³/mol. The van der Waals surface area contributed by atoms with Crippen LogP contribution in [0.4, 0.5) is 0 Å². The molecule has 0 spiro atoms. The van der Waals surface area contributed by atoms with Crippen molar-refractivity contribution in [2.24, 2.45) is 0 Å². The van der Waals surface area contributed by atoms with Crippen molar-refractivity contribution in [1.82, 2.24) is 14.8 Å². The molecule has 0 aliphatic rings. The van der Waals surface area contributed by atoms with Crippen molar-refractivity contribution >= 4 is 5.97 Å². The highest BCUT2D eigenvalue weighted by atomic mass is 17.0. The zero-order valence-electron chi connectivity index (χ0n) is 13.9. The van der Waals surface area contributed by atoms with Gasteiger partial charge in [-0.15, -0.1) is 0 Å². The Morgan fingerprint density at radius 3 is 2.46 bits per heavy atom. The Morgan fingerprint density at radius 2 is 1.92 bits per heavy atom. The summed E-state index contributed by atoms with van der Waals surface area (Å²) in [5.41, 5.74) is -0.183. The highest BCUT2D eigenvalue weighted by Crippen LogP contribution is 2.23. The van der Waals surface area contributed by atoms with Crippen molar-refractivity contribution < 1.29 is 24.3 Å². The van der Waals surface area contributed by atoms with Gasteiger partial charge in [0.2, 0.25) is 0 Å². The fraction of sp³-hybridized carbons (Fsp3) is 0.375. The van der Waals surface area contributed by atoms with Gasteiger partial charge in [0.1, 0.15) is 0 Å². The zero-order valence-corrected chi connectivity index (χ0v) is 13.9. The SMILES string of the molecule is CON(OC)[C@](Cc1cn(Cc2ccccc2)cn1)(OC)C(=O)O. The van der Waals surface area contributed by atoms with Gasteiger partial charge in [-0.1, -0.05) is 30.3 Å². The Morgan fingerprint density at radius 1 is 1.25 bits per heavy atom. The number of benzene rings is 1. The molecule has 0 bridgehead atoms. The highest BCUT2D eigenvalue weighted by Gasteiger charge is 2.48. The van der Waals surface area contributed by atoms with Gasteiger partial charge in [-0.05, 0) is 10.8 Å². The Balaban J connectivity index is 2.20. The van der Waals surface area contributed by atoms with Gasteiger partial charge in [0.05, 0.1) is 32.7 Å². The van der Waals surface area contributed by atoms with E-state index in [1.165, 1.54) is 21.3 Å². The molecule has 0 unspecified atom stereocenters. The van der Waals surface area contributed by atoms with Gasteiger partial charge in [0.25, 0.3) is 5.72 Å². The minimum Gasteiger partial charge on any atom is -0.478 e. The number of hydroxylamine groups is 2. The Hall–Kier alpha value is -2.26. The van der Waals surface area contributed by atoms with E-state index in [2.05, 4.69) is 4.98 Å². The first-order valence-corrected chi connectivity index (χ1v) is 7.27. The van der Waals surface area contributed by atoms with E-state index in [9.17, 15) is 9.90 Å². The number of ether oxygens (including phenoxy) is 1. The minimum atomic E-state index is -1.84. The molecule has 2 rings (SSSR count). The number of methoxy groups -OCH3 is 1. The molecule has 24 heavy (non-hydrogen) atoms. The molecule has 1 aromatic heterocycles. The van der Waals surface area contributed by atoms with Crippen LogP contribution in [0.1, 0.15) is 11.3 Å². The number of imidazole rings is 1. The summed E-state index contributed by atoms with van der Waals surface area (Å²) < 4.78 is 7.07. The number of hydrogen-bond acceptors (Lipinski definition) is 6. The molecule has 0 aliphatic carbocycles. The maximum atomic E-state index is 11.8. The lowest BCUT2D eigenvalue weighted by Crippen LogP contribution is -2.56. The van der Waals surface area contributed by atoms with Crippen LogP contribution in [0.25, 0.3) is 0 Å². The lowest BCUT2D eigenvalue weighted by molar-refractivity contribution is -0.429. The molecule has 0 saturated carbocycles. The van der Waals surface area contributed by atoms with Gasteiger partial charge in [-0.3, -0.25) is 9.68 Å². The number of aromatic nitrogens is 2. The molecule has 2 aromatic rings. The highest BCUT2D eigenvalue weighted by molar-refractivity contribution is 5.77. The standard InChI is InChI=1S/C16H21N3O5/c1-22-16(15(20)21,19(23-2)24-3)9-14-11-18(12-17-14)10-13-7-5-4-6-8-13/h4-8,11-12H,9-10H2,1-3H3,(H,20,21)/t16-/m1/s1. The van der Waals surface area contributed by atoms with E-state index in [-0.39, 0.29) is 6.42 Å². The van der Waals surface area contributed by atoms with Gasteiger partial charge in [-0.2, -0.15) is 0 Å². The third-order valence-corrected chi connectivity index (χ3v) is 3.61. The van der Waals surface area contributed by atoms with Gasteiger partial charge >= 0.3 is 5.97 Å². The van der Waals surface area contributed by atoms with Crippen LogP contribution in [0.15, 0.2) is 42.9 Å². The summed E-state index contributed by atoms with van der Waals surface area (Å²) in [5.74, 6) is -1.24. The fourth-order valence-electron chi connectivity index (χ4n) is 2.45. The van der Waals surface area contributed by atoms with Crippen molar-refractivity contribution in [3.8, 4) is 0 Å². The van der Waals surface area contributed by atoms with Crippen molar-refractivity contribution in [1.29, 1.82) is 0 Å². The Kier molecular flexibility index (Phi) is 6.04. The van der Waals surface area contributed by atoms with Gasteiger partial charge < -0.3 is 14.4 Å². The normalized spacial score (nSPS) is 13.8. The molecule has 8 heteroatoms. The average Bonchev–Trinajstić information content (AvgIpc) is 3.02. The van der Waals surface area contributed by atoms with Crippen molar-refractivity contribution in [3.63, 3.8) is 0 Å². The first kappa shape index (κ1) is 18.1. The maximum absolute atomic E-state index is 11.8. The van der Waals surface area contributed by atoms with E-state index in [0.717, 1.165) is 10.8 Å². The molecule has 0 radical (unpaired) electrons. The van der Waals surface area contributed by atoms with E-state index in [1.54, 1.807) is 12.5 Å². The number of carbonyl (C=O) groups is 1. The summed E-state index contributed by atoms with van der Waals surface area (Å²) >= 11 is 0. The summed E-state index contributed by atoms with van der Waals surface area (Å²) in [6, 6.07) is 9.89. The van der Waals surface area contributed by atoms with Gasteiger partial charge in [0, 0.05) is 19.9 Å². The molecule has 130 valence electrons. The van der Waals surface area contributed by atoms with Crippen LogP contribution in [0.5, 0.6) is 0 Å². The third-order valence-electron chi connectivity index (χ3n) is 3.61. The first-order chi connectivity index (χ1) is 11.6. The van der Waals surface area contributed by atoms with Crippen LogP contribution in [0.2, 0.25) is 0 Å². The summed E-state index contributed by atoms with van der Waals surface area (Å²) in [7, 11) is 3.88. The molecule has 1 N–H and O–H groups in total. The van der Waals surface area contributed by atoms with Crippen molar-refractivity contribution in [2.45, 2.75) is 18.7 Å². The second-order valence-electron chi connectivity index (χ2n) is 5.12. The number of rotatable bonds is 9. The smallest absolute Gasteiger partial charge is 0.356 e. The van der Waals surface area contributed by atoms with Crippen LogP contribution in [-0.2, 0) is 32.2 Å². The number of carboxylic acid groups (broad SMARTS) is 1. The van der Waals surface area contributed by atoms with E-state index in [4.69, 9.17) is 14.4 Å². The Labute approximate surface area is 140 Å². The van der Waals surface area contributed by atoms with Crippen molar-refractivity contribution in [2.75, 3.05) is 21.3 Å². The first-order valence-electron chi connectivity index (χ1n) is 7.27. The van der Waals surface area contributed by atoms with Gasteiger partial charge in [0.15, 0.2) is 0 Å². The molecule has 1 aromatic carbocycles. The molecule has 0 saturated heterocycles. The topological polar surface area (TPSA) is 86.0 Å². The quantitative estimate of drug-likeness (QED) is 0.546. The maximum Gasteiger partial charge on any atom is 0.356 e. The summed E-state index contributed by atoms with van der Waals surface area (Å²) in [4.78, 5) is 25.9. The lowest BCUT2D eigenvalue weighted by Gasteiger charge is -2.34. The van der Waals surface area contributed by atoms with E-state index < -0.39 is 11.7 Å². The third kappa shape index (κ3) is 3.80. The second-order valence-corrected chi connectivity index (χ2v) is 5.12. The van der Waals surface area contributed by atoms with Crippen molar-refractivity contribution in [3.05, 3.63) is 54.1 Å². The summed E-state index contributed by atoms with van der Waals surface area (Å²) in [6.45, 7) is 0.638. The molecule has 0 fully saturated rings. The summed E-state index contributed by atoms with van der Waals surface area (Å²) in [6.07, 6.45) is 3.37. The fourth-order valence-corrected chi connectivity index (χ4v) is 2.45. The van der Waals surface area contributed by atoms with Crippen LogP contribution >= 0.6 is 0 Å². The lowest BCUT2D eigenvalue weighted by atomic mass is 10.1. The van der Waals surface area contributed by atoms with E-state index >= 15 is 0 Å². The number of hydrogen-bond donors (Lipinski definition) is 1. The van der Waals surface area contributed by atoms with Crippen LogP contribution in [0.3, 0.4) is 0 Å². The molecule has 0 aliphatic heterocycles. The second kappa shape index (κ2) is 8.02. The van der Waals surface area contributed by atoms with E-state index in [0.29, 0.717) is 12.2 Å². The minimum absolute atomic E-state index is 0.0533. The van der Waals surface area contributed by atoms with Crippen LogP contribution < -0.4 is 0 Å². The molecular formula is C16H21N3O5. The molecule has 8 nitrogen and oxygen atoms in total. The largest absolute Gasteiger partial charge is 0.478 e. The Bertz CT molecular complexity index is 657.